The van der Waals surface area contributed by atoms with Gasteiger partial charge in [0.15, 0.2) is 0 Å². The number of hydrogen-bond acceptors (Lipinski definition) is 5. The highest BCUT2D eigenvalue weighted by molar-refractivity contribution is 6.06. The molecule has 0 radical (unpaired) electrons. The number of anilines is 1. The summed E-state index contributed by atoms with van der Waals surface area (Å²) in [6.45, 7) is 1.60. The van der Waals surface area contributed by atoms with Gasteiger partial charge < -0.3 is 15.6 Å². The average Bonchev–Trinajstić information content (AvgIpc) is 3.24. The van der Waals surface area contributed by atoms with Crippen molar-refractivity contribution in [2.45, 2.75) is 25.2 Å². The maximum Gasteiger partial charge on any atom is 0.254 e. The third-order valence-corrected chi connectivity index (χ3v) is 5.48. The highest BCUT2D eigenvalue weighted by atomic mass is 19.1. The summed E-state index contributed by atoms with van der Waals surface area (Å²) in [5, 5.41) is 15.7. The number of pyridine rings is 1. The number of H-pyrrole nitrogens is 1. The fourth-order valence-electron chi connectivity index (χ4n) is 3.93. The number of nitrogens with one attached hydrogen (secondary N) is 3. The molecule has 3 aromatic rings. The molecule has 2 atom stereocenters. The van der Waals surface area contributed by atoms with Gasteiger partial charge in [-0.05, 0) is 30.2 Å². The normalized spacial score (nSPS) is 19.4. The van der Waals surface area contributed by atoms with E-state index in [9.17, 15) is 4.79 Å². The highest BCUT2D eigenvalue weighted by Crippen LogP contribution is 2.29. The summed E-state index contributed by atoms with van der Waals surface area (Å²) in [7, 11) is 1.56. The summed E-state index contributed by atoms with van der Waals surface area (Å²) in [6.07, 6.45) is 2.75. The number of carbonyl (C=O) groups is 1. The number of likely N-dealkylation sites (tertiary alicyclic amines) is 1. The van der Waals surface area contributed by atoms with Crippen LogP contribution in [0.25, 0.3) is 11.0 Å². The molecule has 154 valence electrons. The summed E-state index contributed by atoms with van der Waals surface area (Å²) >= 11 is 0. The van der Waals surface area contributed by atoms with Gasteiger partial charge in [0.05, 0.1) is 28.9 Å². The zero-order valence-corrected chi connectivity index (χ0v) is 16.7. The summed E-state index contributed by atoms with van der Waals surface area (Å²) in [4.78, 5) is 21.7. The van der Waals surface area contributed by atoms with Crippen molar-refractivity contribution >= 4 is 22.6 Å². The van der Waals surface area contributed by atoms with E-state index in [1.54, 1.807) is 19.3 Å². The Bertz CT molecular complexity index is 1100. The van der Waals surface area contributed by atoms with E-state index in [0.29, 0.717) is 42.0 Å². The number of aromatic amines is 1. The molecule has 1 aromatic carbocycles. The smallest absolute Gasteiger partial charge is 0.254 e. The molecule has 0 spiro atoms. The average molecular weight is 406 g/mol. The lowest BCUT2D eigenvalue weighted by molar-refractivity contribution is 0.0962. The van der Waals surface area contributed by atoms with E-state index in [4.69, 9.17) is 5.26 Å². The predicted molar refractivity (Wildman–Crippen MR) is 113 cm³/mol. The lowest BCUT2D eigenvalue weighted by atomic mass is 10.0. The van der Waals surface area contributed by atoms with E-state index in [1.165, 1.54) is 6.20 Å². The van der Waals surface area contributed by atoms with Crippen LogP contribution in [0.15, 0.2) is 42.7 Å². The van der Waals surface area contributed by atoms with Crippen LogP contribution in [0.2, 0.25) is 0 Å². The summed E-state index contributed by atoms with van der Waals surface area (Å²) in [5.74, 6) is -0.265. The molecule has 1 aliphatic rings. The topological polar surface area (TPSA) is 96.8 Å². The third kappa shape index (κ3) is 3.98. The minimum absolute atomic E-state index is 0.265. The molecule has 4 rings (SSSR count). The number of benzene rings is 1. The third-order valence-electron chi connectivity index (χ3n) is 5.48. The van der Waals surface area contributed by atoms with Crippen molar-refractivity contribution in [1.82, 2.24) is 20.2 Å². The van der Waals surface area contributed by atoms with Crippen LogP contribution in [0.3, 0.4) is 0 Å². The maximum atomic E-state index is 15.1. The molecule has 0 bridgehead atoms. The Hall–Kier alpha value is -3.44. The monoisotopic (exact) mass is 406 g/mol. The largest absolute Gasteiger partial charge is 0.378 e. The lowest BCUT2D eigenvalue weighted by Crippen LogP contribution is -2.47. The van der Waals surface area contributed by atoms with Crippen LogP contribution in [0, 0.1) is 11.3 Å². The molecule has 30 heavy (non-hydrogen) atoms. The van der Waals surface area contributed by atoms with Crippen molar-refractivity contribution in [3.63, 3.8) is 0 Å². The lowest BCUT2D eigenvalue weighted by Gasteiger charge is -2.36. The quantitative estimate of drug-likeness (QED) is 0.605. The molecule has 1 fully saturated rings. The van der Waals surface area contributed by atoms with Crippen LogP contribution in [0.4, 0.5) is 10.1 Å². The van der Waals surface area contributed by atoms with Gasteiger partial charge in [-0.3, -0.25) is 9.69 Å². The second kappa shape index (κ2) is 8.51. The van der Waals surface area contributed by atoms with Gasteiger partial charge in [-0.1, -0.05) is 12.1 Å². The second-order valence-corrected chi connectivity index (χ2v) is 7.47. The summed E-state index contributed by atoms with van der Waals surface area (Å²) < 4.78 is 15.1. The SMILES string of the molecule is CNC(=O)c1cnc2[nH]ccc2c1N[C@@H]1CCN(Cc2cccc(C#N)c2)C[C@@H]1F. The number of fused-ring (bicyclic) bond motifs is 1. The first-order chi connectivity index (χ1) is 14.6. The van der Waals surface area contributed by atoms with Crippen molar-refractivity contribution in [1.29, 1.82) is 5.26 Å². The molecular formula is C22H23FN6O. The number of aromatic nitrogens is 2. The van der Waals surface area contributed by atoms with Crippen molar-refractivity contribution in [3.05, 3.63) is 59.4 Å². The van der Waals surface area contributed by atoms with Crippen LogP contribution in [0.1, 0.15) is 27.9 Å². The van der Waals surface area contributed by atoms with Gasteiger partial charge in [0.25, 0.3) is 5.91 Å². The number of rotatable bonds is 5. The number of halogens is 1. The minimum Gasteiger partial charge on any atom is -0.378 e. The van der Waals surface area contributed by atoms with Crippen LogP contribution in [-0.2, 0) is 6.54 Å². The van der Waals surface area contributed by atoms with Gasteiger partial charge in [0, 0.05) is 44.5 Å². The van der Waals surface area contributed by atoms with Gasteiger partial charge in [0.2, 0.25) is 0 Å². The number of hydrogen-bond donors (Lipinski definition) is 3. The number of piperidine rings is 1. The van der Waals surface area contributed by atoms with E-state index < -0.39 is 12.2 Å². The molecule has 0 saturated carbocycles. The van der Waals surface area contributed by atoms with Crippen LogP contribution in [-0.4, -0.2) is 53.1 Å². The van der Waals surface area contributed by atoms with E-state index in [-0.39, 0.29) is 12.5 Å². The van der Waals surface area contributed by atoms with E-state index in [0.717, 1.165) is 10.9 Å². The van der Waals surface area contributed by atoms with Gasteiger partial charge in [-0.15, -0.1) is 0 Å². The number of carbonyl (C=O) groups excluding carboxylic acids is 1. The Kier molecular flexibility index (Phi) is 5.63. The first-order valence-corrected chi connectivity index (χ1v) is 9.89. The van der Waals surface area contributed by atoms with Crippen molar-refractivity contribution < 1.29 is 9.18 Å². The molecule has 0 aliphatic carbocycles. The van der Waals surface area contributed by atoms with E-state index in [2.05, 4.69) is 31.6 Å². The van der Waals surface area contributed by atoms with Gasteiger partial charge in [-0.2, -0.15) is 5.26 Å². The molecular weight excluding hydrogens is 383 g/mol. The van der Waals surface area contributed by atoms with Crippen LogP contribution < -0.4 is 10.6 Å². The summed E-state index contributed by atoms with van der Waals surface area (Å²) in [5.41, 5.74) is 3.25. The molecule has 3 N–H and O–H groups in total. The molecule has 1 amide bonds. The molecule has 1 aliphatic heterocycles. The first kappa shape index (κ1) is 19.9. The predicted octanol–water partition coefficient (Wildman–Crippen LogP) is 2.82. The van der Waals surface area contributed by atoms with Crippen molar-refractivity contribution in [3.8, 4) is 6.07 Å². The summed E-state index contributed by atoms with van der Waals surface area (Å²) in [6, 6.07) is 11.0. The van der Waals surface area contributed by atoms with Gasteiger partial charge in [0.1, 0.15) is 11.8 Å². The number of amides is 1. The molecule has 1 saturated heterocycles. The Morgan fingerprint density at radius 1 is 1.43 bits per heavy atom. The Labute approximate surface area is 173 Å². The molecule has 7 nitrogen and oxygen atoms in total. The Morgan fingerprint density at radius 2 is 2.30 bits per heavy atom. The van der Waals surface area contributed by atoms with Crippen molar-refractivity contribution in [2.24, 2.45) is 0 Å². The van der Waals surface area contributed by atoms with Crippen molar-refractivity contribution in [2.75, 3.05) is 25.5 Å². The number of nitriles is 1. The molecule has 2 aromatic heterocycles. The number of nitrogens with zero attached hydrogens (tertiary/aromatic N) is 3. The molecule has 3 heterocycles. The Morgan fingerprint density at radius 3 is 3.07 bits per heavy atom. The standard InChI is InChI=1S/C22H23FN6O/c1-25-22(30)17-11-27-21-16(5-7-26-21)20(17)28-19-6-8-29(13-18(19)23)12-15-4-2-3-14(9-15)10-24/h2-5,7,9,11,18-19H,6,8,12-13H2,1H3,(H,25,30)(H2,26,27,28)/t18-,19+/m0/s1. The molecule has 0 unspecified atom stereocenters. The second-order valence-electron chi connectivity index (χ2n) is 7.47. The number of alkyl halides is 1. The maximum absolute atomic E-state index is 15.1. The Balaban J connectivity index is 1.49. The van der Waals surface area contributed by atoms with Crippen LogP contribution >= 0.6 is 0 Å². The zero-order valence-electron chi connectivity index (χ0n) is 16.7. The fraction of sp³-hybridized carbons (Fsp3) is 0.318. The van der Waals surface area contributed by atoms with Gasteiger partial charge >= 0.3 is 0 Å². The van der Waals surface area contributed by atoms with E-state index >= 15 is 4.39 Å². The highest BCUT2D eigenvalue weighted by Gasteiger charge is 2.30. The zero-order chi connectivity index (χ0) is 21.1. The molecule has 8 heteroatoms. The first-order valence-electron chi connectivity index (χ1n) is 9.89. The van der Waals surface area contributed by atoms with E-state index in [1.807, 2.05) is 24.3 Å². The van der Waals surface area contributed by atoms with Gasteiger partial charge in [-0.25, -0.2) is 9.37 Å². The van der Waals surface area contributed by atoms with Crippen LogP contribution in [0.5, 0.6) is 0 Å². The fourth-order valence-corrected chi connectivity index (χ4v) is 3.93. The minimum atomic E-state index is -1.10.